The van der Waals surface area contributed by atoms with Gasteiger partial charge in [-0.25, -0.2) is 0 Å². The van der Waals surface area contributed by atoms with Crippen molar-refractivity contribution < 1.29 is 4.92 Å². The zero-order chi connectivity index (χ0) is 19.9. The van der Waals surface area contributed by atoms with Gasteiger partial charge in [0.2, 0.25) is 0 Å². The molecule has 1 aliphatic heterocycles. The second kappa shape index (κ2) is 9.66. The zero-order valence-corrected chi connectivity index (χ0v) is 17.1. The third-order valence-electron chi connectivity index (χ3n) is 5.23. The number of hydrogen-bond acceptors (Lipinski definition) is 5. The number of nitro benzene ring substituents is 1. The molecule has 2 N–H and O–H groups in total. The van der Waals surface area contributed by atoms with E-state index >= 15 is 0 Å². The number of guanidine groups is 1. The van der Waals surface area contributed by atoms with Gasteiger partial charge in [-0.05, 0) is 43.8 Å². The lowest BCUT2D eigenvalue weighted by molar-refractivity contribution is -0.385. The summed E-state index contributed by atoms with van der Waals surface area (Å²) in [6.45, 7) is 2.28. The van der Waals surface area contributed by atoms with Gasteiger partial charge in [0.25, 0.3) is 5.69 Å². The molecule has 0 saturated carbocycles. The van der Waals surface area contributed by atoms with Gasteiger partial charge in [0.15, 0.2) is 5.96 Å². The topological polar surface area (TPSA) is 82.8 Å². The highest BCUT2D eigenvalue weighted by atomic mass is 32.1. The van der Waals surface area contributed by atoms with Gasteiger partial charge in [0.05, 0.1) is 4.92 Å². The van der Waals surface area contributed by atoms with Crippen LogP contribution < -0.4 is 10.6 Å². The Labute approximate surface area is 169 Å². The highest BCUT2D eigenvalue weighted by Crippen LogP contribution is 2.36. The lowest BCUT2D eigenvalue weighted by Gasteiger charge is -2.39. The van der Waals surface area contributed by atoms with Crippen LogP contribution in [0.1, 0.15) is 29.3 Å². The van der Waals surface area contributed by atoms with Crippen molar-refractivity contribution in [2.45, 2.75) is 25.4 Å². The molecular formula is C20H27N5O2S. The van der Waals surface area contributed by atoms with Crippen LogP contribution in [-0.2, 0) is 6.54 Å². The van der Waals surface area contributed by atoms with Gasteiger partial charge in [-0.1, -0.05) is 24.3 Å². The summed E-state index contributed by atoms with van der Waals surface area (Å²) in [5.41, 5.74) is 0.765. The Hall–Kier alpha value is -2.45. The average molecular weight is 402 g/mol. The first-order valence-corrected chi connectivity index (χ1v) is 10.4. The average Bonchev–Trinajstić information content (AvgIpc) is 3.22. The summed E-state index contributed by atoms with van der Waals surface area (Å²) in [5, 5.41) is 19.9. The van der Waals surface area contributed by atoms with E-state index in [1.807, 2.05) is 17.4 Å². The maximum Gasteiger partial charge on any atom is 0.274 e. The largest absolute Gasteiger partial charge is 0.356 e. The molecule has 2 aromatic rings. The van der Waals surface area contributed by atoms with Crippen LogP contribution in [0.4, 0.5) is 5.69 Å². The van der Waals surface area contributed by atoms with Gasteiger partial charge in [0.1, 0.15) is 0 Å². The van der Waals surface area contributed by atoms with E-state index in [2.05, 4.69) is 45.1 Å². The summed E-state index contributed by atoms with van der Waals surface area (Å²) < 4.78 is 0. The van der Waals surface area contributed by atoms with Crippen molar-refractivity contribution in [3.05, 3.63) is 62.3 Å². The first-order valence-electron chi connectivity index (χ1n) is 9.50. The minimum absolute atomic E-state index is 0.122. The van der Waals surface area contributed by atoms with E-state index < -0.39 is 0 Å². The van der Waals surface area contributed by atoms with E-state index in [9.17, 15) is 10.1 Å². The van der Waals surface area contributed by atoms with Crippen LogP contribution in [0.25, 0.3) is 0 Å². The van der Waals surface area contributed by atoms with Gasteiger partial charge >= 0.3 is 0 Å². The molecule has 0 amide bonds. The van der Waals surface area contributed by atoms with Crippen LogP contribution in [0.2, 0.25) is 0 Å². The van der Waals surface area contributed by atoms with E-state index in [4.69, 9.17) is 0 Å². The standard InChI is InChI=1S/C20H27N5O2S/c1-21-20(22-13-15-7-3-4-9-17(15)25(26)27)23-14-16-8-5-11-24(2)19(16)18-10-6-12-28-18/h3-4,6-7,9-10,12,16,19H,5,8,11,13-14H2,1-2H3,(H2,21,22,23). The Kier molecular flexibility index (Phi) is 7.00. The molecule has 28 heavy (non-hydrogen) atoms. The number of benzene rings is 1. The van der Waals surface area contributed by atoms with E-state index in [1.165, 1.54) is 23.8 Å². The molecule has 0 radical (unpaired) electrons. The van der Waals surface area contributed by atoms with Crippen LogP contribution in [0, 0.1) is 16.0 Å². The number of likely N-dealkylation sites (tertiary alicyclic amines) is 1. The van der Waals surface area contributed by atoms with Crippen molar-refractivity contribution in [2.75, 3.05) is 27.2 Å². The molecule has 1 aliphatic rings. The van der Waals surface area contributed by atoms with Gasteiger partial charge in [-0.2, -0.15) is 0 Å². The monoisotopic (exact) mass is 401 g/mol. The molecule has 1 aromatic carbocycles. The molecular weight excluding hydrogens is 374 g/mol. The fraction of sp³-hybridized carbons (Fsp3) is 0.450. The van der Waals surface area contributed by atoms with Crippen molar-refractivity contribution in [3.63, 3.8) is 0 Å². The molecule has 1 saturated heterocycles. The number of nitrogens with one attached hydrogen (secondary N) is 2. The highest BCUT2D eigenvalue weighted by Gasteiger charge is 2.31. The quantitative estimate of drug-likeness (QED) is 0.335. The lowest BCUT2D eigenvalue weighted by Crippen LogP contribution is -2.44. The molecule has 2 atom stereocenters. The number of thiophene rings is 1. The Bertz CT molecular complexity index is 809. The van der Waals surface area contributed by atoms with Crippen LogP contribution in [0.3, 0.4) is 0 Å². The second-order valence-corrected chi connectivity index (χ2v) is 8.01. The van der Waals surface area contributed by atoms with Crippen LogP contribution in [0.5, 0.6) is 0 Å². The number of hydrogen-bond donors (Lipinski definition) is 2. The molecule has 3 rings (SSSR count). The molecule has 7 nitrogen and oxygen atoms in total. The Morgan fingerprint density at radius 3 is 2.86 bits per heavy atom. The number of nitro groups is 1. The number of para-hydroxylation sites is 1. The van der Waals surface area contributed by atoms with Gasteiger partial charge in [0, 0.05) is 42.7 Å². The summed E-state index contributed by atoms with van der Waals surface area (Å²) in [6, 6.07) is 11.5. The van der Waals surface area contributed by atoms with E-state index in [0.29, 0.717) is 30.0 Å². The number of aliphatic imine (C=N–C) groups is 1. The van der Waals surface area contributed by atoms with E-state index in [0.717, 1.165) is 13.1 Å². The predicted octanol–water partition coefficient (Wildman–Crippen LogP) is 3.40. The fourth-order valence-corrected chi connectivity index (χ4v) is 4.83. The molecule has 2 heterocycles. The Balaban J connectivity index is 1.60. The summed E-state index contributed by atoms with van der Waals surface area (Å²) in [4.78, 5) is 18.9. The Morgan fingerprint density at radius 1 is 1.32 bits per heavy atom. The minimum Gasteiger partial charge on any atom is -0.356 e. The van der Waals surface area contributed by atoms with Gasteiger partial charge in [-0.3, -0.25) is 20.0 Å². The van der Waals surface area contributed by atoms with Crippen molar-refractivity contribution in [1.82, 2.24) is 15.5 Å². The van der Waals surface area contributed by atoms with Crippen molar-refractivity contribution in [2.24, 2.45) is 10.9 Å². The summed E-state index contributed by atoms with van der Waals surface area (Å²) >= 11 is 1.81. The zero-order valence-electron chi connectivity index (χ0n) is 16.3. The Morgan fingerprint density at radius 2 is 2.14 bits per heavy atom. The van der Waals surface area contributed by atoms with Crippen LogP contribution >= 0.6 is 11.3 Å². The summed E-state index contributed by atoms with van der Waals surface area (Å²) in [6.07, 6.45) is 2.36. The molecule has 2 unspecified atom stereocenters. The van der Waals surface area contributed by atoms with Crippen LogP contribution in [-0.4, -0.2) is 43.0 Å². The predicted molar refractivity (Wildman–Crippen MR) is 114 cm³/mol. The highest BCUT2D eigenvalue weighted by molar-refractivity contribution is 7.10. The van der Waals surface area contributed by atoms with Crippen molar-refractivity contribution >= 4 is 23.0 Å². The summed E-state index contributed by atoms with van der Waals surface area (Å²) in [5.74, 6) is 1.15. The molecule has 1 fully saturated rings. The fourth-order valence-electron chi connectivity index (χ4n) is 3.85. The molecule has 150 valence electrons. The molecule has 0 aliphatic carbocycles. The van der Waals surface area contributed by atoms with Gasteiger partial charge < -0.3 is 10.6 Å². The number of nitrogens with zero attached hydrogens (tertiary/aromatic N) is 3. The minimum atomic E-state index is -0.351. The molecule has 0 bridgehead atoms. The third kappa shape index (κ3) is 4.88. The maximum atomic E-state index is 11.2. The molecule has 1 aromatic heterocycles. The van der Waals surface area contributed by atoms with E-state index in [1.54, 1.807) is 19.2 Å². The number of rotatable bonds is 6. The van der Waals surface area contributed by atoms with Gasteiger partial charge in [-0.15, -0.1) is 11.3 Å². The van der Waals surface area contributed by atoms with E-state index in [-0.39, 0.29) is 10.6 Å². The molecule has 8 heteroatoms. The SMILES string of the molecule is CN=C(NCc1ccccc1[N+](=O)[O-])NCC1CCCN(C)C1c1cccs1. The van der Waals surface area contributed by atoms with Crippen LogP contribution in [0.15, 0.2) is 46.8 Å². The number of piperidine rings is 1. The first-order chi connectivity index (χ1) is 13.6. The molecule has 0 spiro atoms. The lowest BCUT2D eigenvalue weighted by atomic mass is 9.88. The first kappa shape index (κ1) is 20.3. The smallest absolute Gasteiger partial charge is 0.274 e. The normalized spacial score (nSPS) is 20.7. The van der Waals surface area contributed by atoms with Crippen molar-refractivity contribution in [1.29, 1.82) is 0 Å². The summed E-state index contributed by atoms with van der Waals surface area (Å²) in [7, 11) is 3.91. The van der Waals surface area contributed by atoms with Crippen molar-refractivity contribution in [3.8, 4) is 0 Å². The maximum absolute atomic E-state index is 11.2. The third-order valence-corrected chi connectivity index (χ3v) is 6.17. The second-order valence-electron chi connectivity index (χ2n) is 7.04.